The number of amides is 1. The number of ether oxygens (including phenoxy) is 1. The van der Waals surface area contributed by atoms with Gasteiger partial charge in [0.05, 0.1) is 6.61 Å². The van der Waals surface area contributed by atoms with Gasteiger partial charge in [0.15, 0.2) is 0 Å². The number of carbonyl (C=O) groups is 1. The molecule has 1 amide bonds. The van der Waals surface area contributed by atoms with Gasteiger partial charge >= 0.3 is 0 Å². The summed E-state index contributed by atoms with van der Waals surface area (Å²) in [5, 5.41) is 0. The fraction of sp³-hybridized carbons (Fsp3) is 0.667. The lowest BCUT2D eigenvalue weighted by atomic mass is 10.3. The summed E-state index contributed by atoms with van der Waals surface area (Å²) in [6, 6.07) is 9.80. The first kappa shape index (κ1) is 34.0. The highest BCUT2D eigenvalue weighted by Crippen LogP contribution is 2.06. The van der Waals surface area contributed by atoms with E-state index < -0.39 is 0 Å². The normalized spacial score (nSPS) is 6.83. The van der Waals surface area contributed by atoms with Crippen molar-refractivity contribution >= 4 is 5.91 Å². The molecule has 0 N–H and O–H groups in total. The zero-order valence-electron chi connectivity index (χ0n) is 18.6. The van der Waals surface area contributed by atoms with Crippen molar-refractivity contribution in [3.63, 3.8) is 0 Å². The Bertz CT molecular complexity index is 285. The van der Waals surface area contributed by atoms with Gasteiger partial charge in [0.1, 0.15) is 5.75 Å². The zero-order valence-corrected chi connectivity index (χ0v) is 18.6. The van der Waals surface area contributed by atoms with E-state index in [1.54, 1.807) is 19.0 Å². The molecule has 0 fully saturated rings. The molecular weight excluding hydrogens is 298 g/mol. The van der Waals surface area contributed by atoms with Crippen molar-refractivity contribution in [2.45, 2.75) is 75.7 Å². The number of hydrogen-bond donors (Lipinski definition) is 0. The fourth-order valence-electron chi connectivity index (χ4n) is 1.000. The molecule has 3 nitrogen and oxygen atoms in total. The van der Waals surface area contributed by atoms with Crippen LogP contribution in [0.25, 0.3) is 0 Å². The Morgan fingerprint density at radius 2 is 1.21 bits per heavy atom. The van der Waals surface area contributed by atoms with Crippen LogP contribution >= 0.6 is 0 Å². The van der Waals surface area contributed by atoms with E-state index in [1.807, 2.05) is 99.6 Å². The van der Waals surface area contributed by atoms with Crippen LogP contribution in [0.4, 0.5) is 0 Å². The molecule has 3 heteroatoms. The predicted octanol–water partition coefficient (Wildman–Crippen LogP) is 6.67. The molecule has 0 atom stereocenters. The molecule has 0 saturated carbocycles. The molecule has 0 unspecified atom stereocenters. The van der Waals surface area contributed by atoms with Crippen LogP contribution in [0.1, 0.15) is 75.7 Å². The summed E-state index contributed by atoms with van der Waals surface area (Å²) < 4.78 is 5.21. The minimum Gasteiger partial charge on any atom is -0.494 e. The summed E-state index contributed by atoms with van der Waals surface area (Å²) in [6.45, 7) is 20.6. The molecule has 24 heavy (non-hydrogen) atoms. The summed E-state index contributed by atoms with van der Waals surface area (Å²) >= 11 is 0. The van der Waals surface area contributed by atoms with Gasteiger partial charge in [0.2, 0.25) is 5.91 Å². The Balaban J connectivity index is -0.0000000719. The van der Waals surface area contributed by atoms with Gasteiger partial charge in [-0.2, -0.15) is 0 Å². The van der Waals surface area contributed by atoms with Gasteiger partial charge in [-0.05, 0) is 19.1 Å². The third-order valence-corrected chi connectivity index (χ3v) is 1.86. The molecular formula is C21H45NO2. The summed E-state index contributed by atoms with van der Waals surface area (Å²) in [6.07, 6.45) is 0.604. The quantitative estimate of drug-likeness (QED) is 0.613. The topological polar surface area (TPSA) is 29.5 Å². The molecule has 0 aromatic heterocycles. The molecule has 0 saturated heterocycles. The Hall–Kier alpha value is -1.51. The van der Waals surface area contributed by atoms with Crippen molar-refractivity contribution < 1.29 is 9.53 Å². The average Bonchev–Trinajstić information content (AvgIpc) is 2.69. The monoisotopic (exact) mass is 343 g/mol. The highest BCUT2D eigenvalue weighted by atomic mass is 16.5. The van der Waals surface area contributed by atoms with E-state index in [-0.39, 0.29) is 5.91 Å². The van der Waals surface area contributed by atoms with E-state index in [4.69, 9.17) is 4.74 Å². The Morgan fingerprint density at radius 3 is 1.42 bits per heavy atom. The highest BCUT2D eigenvalue weighted by Gasteiger charge is 1.95. The molecule has 0 heterocycles. The van der Waals surface area contributed by atoms with Crippen molar-refractivity contribution in [2.75, 3.05) is 20.7 Å². The summed E-state index contributed by atoms with van der Waals surface area (Å²) in [5.74, 6) is 1.13. The molecule has 1 aromatic carbocycles. The molecule has 0 aliphatic rings. The minimum atomic E-state index is 0.181. The Kier molecular flexibility index (Phi) is 53.2. The minimum absolute atomic E-state index is 0.181. The fourth-order valence-corrected chi connectivity index (χ4v) is 1.000. The third kappa shape index (κ3) is 32.4. The average molecular weight is 344 g/mol. The third-order valence-electron chi connectivity index (χ3n) is 1.86. The maximum absolute atomic E-state index is 10.4. The van der Waals surface area contributed by atoms with Crippen LogP contribution in [0.2, 0.25) is 0 Å². The van der Waals surface area contributed by atoms with E-state index in [1.165, 1.54) is 0 Å². The van der Waals surface area contributed by atoms with Gasteiger partial charge in [0, 0.05) is 20.5 Å². The van der Waals surface area contributed by atoms with E-state index in [9.17, 15) is 4.79 Å². The number of benzene rings is 1. The lowest BCUT2D eigenvalue weighted by Crippen LogP contribution is -2.19. The molecule has 1 rings (SSSR count). The molecule has 0 aliphatic carbocycles. The number of nitrogens with zero attached hydrogens (tertiary/aromatic N) is 1. The van der Waals surface area contributed by atoms with Gasteiger partial charge in [-0.1, -0.05) is 80.5 Å². The molecule has 146 valence electrons. The predicted molar refractivity (Wildman–Crippen MR) is 112 cm³/mol. The van der Waals surface area contributed by atoms with E-state index in [2.05, 4.69) is 0 Å². The second kappa shape index (κ2) is 37.6. The van der Waals surface area contributed by atoms with E-state index in [0.717, 1.165) is 12.4 Å². The van der Waals surface area contributed by atoms with Crippen molar-refractivity contribution in [1.82, 2.24) is 4.90 Å². The van der Waals surface area contributed by atoms with Crippen LogP contribution in [-0.4, -0.2) is 31.5 Å². The molecule has 0 aliphatic heterocycles. The van der Waals surface area contributed by atoms with Crippen LogP contribution in [-0.2, 0) is 4.79 Å². The standard InChI is InChI=1S/C8H10O.C5H11NO.4C2H6/c1-2-9-8-6-4-3-5-7-8;1-4-5(7)6(2)3;4*1-2/h3-7H,2H2,1H3;4H2,1-3H3;4*1-2H3. The van der Waals surface area contributed by atoms with Gasteiger partial charge in [-0.25, -0.2) is 0 Å². The maximum Gasteiger partial charge on any atom is 0.221 e. The van der Waals surface area contributed by atoms with Gasteiger partial charge in [-0.15, -0.1) is 0 Å². The lowest BCUT2D eigenvalue weighted by Gasteiger charge is -2.05. The summed E-state index contributed by atoms with van der Waals surface area (Å²) in [5.41, 5.74) is 0. The van der Waals surface area contributed by atoms with Crippen LogP contribution in [0, 0.1) is 0 Å². The van der Waals surface area contributed by atoms with Crippen molar-refractivity contribution in [2.24, 2.45) is 0 Å². The molecule has 1 aromatic rings. The first-order valence-corrected chi connectivity index (χ1v) is 9.49. The largest absolute Gasteiger partial charge is 0.494 e. The maximum atomic E-state index is 10.4. The zero-order chi connectivity index (χ0) is 20.4. The number of rotatable bonds is 3. The van der Waals surface area contributed by atoms with E-state index in [0.29, 0.717) is 6.42 Å². The SMILES string of the molecule is CC.CC.CC.CC.CCC(=O)N(C)C.CCOc1ccccc1. The molecule has 0 radical (unpaired) electrons. The second-order valence-electron chi connectivity index (χ2n) is 3.39. The number of para-hydroxylation sites is 1. The lowest BCUT2D eigenvalue weighted by molar-refractivity contribution is -0.128. The second-order valence-corrected chi connectivity index (χ2v) is 3.39. The summed E-state index contributed by atoms with van der Waals surface area (Å²) in [7, 11) is 3.51. The molecule has 0 bridgehead atoms. The van der Waals surface area contributed by atoms with Gasteiger partial charge < -0.3 is 9.64 Å². The van der Waals surface area contributed by atoms with Gasteiger partial charge in [0.25, 0.3) is 0 Å². The first-order valence-electron chi connectivity index (χ1n) is 9.49. The Labute approximate surface area is 153 Å². The number of carbonyl (C=O) groups excluding carboxylic acids is 1. The van der Waals surface area contributed by atoms with Crippen LogP contribution in [0.5, 0.6) is 5.75 Å². The van der Waals surface area contributed by atoms with Crippen LogP contribution < -0.4 is 4.74 Å². The van der Waals surface area contributed by atoms with Crippen molar-refractivity contribution in [3.8, 4) is 5.75 Å². The van der Waals surface area contributed by atoms with Crippen molar-refractivity contribution in [3.05, 3.63) is 30.3 Å². The van der Waals surface area contributed by atoms with Crippen molar-refractivity contribution in [1.29, 1.82) is 0 Å². The number of hydrogen-bond acceptors (Lipinski definition) is 2. The first-order chi connectivity index (χ1) is 11.6. The van der Waals surface area contributed by atoms with Crippen LogP contribution in [0.3, 0.4) is 0 Å². The highest BCUT2D eigenvalue weighted by molar-refractivity contribution is 5.75. The molecule has 0 spiro atoms. The van der Waals surface area contributed by atoms with E-state index >= 15 is 0 Å². The Morgan fingerprint density at radius 1 is 0.833 bits per heavy atom. The smallest absolute Gasteiger partial charge is 0.221 e. The van der Waals surface area contributed by atoms with Gasteiger partial charge in [-0.3, -0.25) is 4.79 Å². The van der Waals surface area contributed by atoms with Crippen LogP contribution in [0.15, 0.2) is 30.3 Å². The summed E-state index contributed by atoms with van der Waals surface area (Å²) in [4.78, 5) is 12.0.